The van der Waals surface area contributed by atoms with Crippen molar-refractivity contribution >= 4 is 34.8 Å². The summed E-state index contributed by atoms with van der Waals surface area (Å²) in [6.45, 7) is 5.55. The molecule has 0 atom stereocenters. The van der Waals surface area contributed by atoms with Crippen LogP contribution in [0.5, 0.6) is 0 Å². The van der Waals surface area contributed by atoms with E-state index >= 15 is 0 Å². The fourth-order valence-electron chi connectivity index (χ4n) is 3.04. The third kappa shape index (κ3) is 4.75. The smallest absolute Gasteiger partial charge is 0.255 e. The van der Waals surface area contributed by atoms with Gasteiger partial charge in [-0.15, -0.1) is 0 Å². The average molecular weight is 377 g/mol. The number of halogens is 2. The van der Waals surface area contributed by atoms with Gasteiger partial charge in [-0.2, -0.15) is 0 Å². The number of piperidine rings is 1. The lowest BCUT2D eigenvalue weighted by Gasteiger charge is -2.30. The molecule has 3 nitrogen and oxygen atoms in total. The van der Waals surface area contributed by atoms with Crippen molar-refractivity contribution in [3.8, 4) is 0 Å². The van der Waals surface area contributed by atoms with Crippen LogP contribution in [0.15, 0.2) is 42.5 Å². The zero-order valence-electron chi connectivity index (χ0n) is 14.3. The fraction of sp³-hybridized carbons (Fsp3) is 0.350. The van der Waals surface area contributed by atoms with Crippen molar-refractivity contribution in [2.75, 3.05) is 18.4 Å². The second-order valence-electron chi connectivity index (χ2n) is 6.71. The Kier molecular flexibility index (Phi) is 6.00. The summed E-state index contributed by atoms with van der Waals surface area (Å²) < 4.78 is 0. The second-order valence-corrected chi connectivity index (χ2v) is 7.52. The summed E-state index contributed by atoms with van der Waals surface area (Å²) in [6, 6.07) is 12.9. The van der Waals surface area contributed by atoms with Gasteiger partial charge in [0.25, 0.3) is 5.91 Å². The number of nitrogens with zero attached hydrogens (tertiary/aromatic N) is 1. The molecule has 1 amide bonds. The third-order valence-electron chi connectivity index (χ3n) is 4.70. The minimum absolute atomic E-state index is 0.214. The zero-order chi connectivity index (χ0) is 17.8. The molecule has 1 N–H and O–H groups in total. The Morgan fingerprint density at radius 1 is 1.08 bits per heavy atom. The molecule has 3 rings (SSSR count). The summed E-state index contributed by atoms with van der Waals surface area (Å²) in [6.07, 6.45) is 2.53. The molecule has 5 heteroatoms. The predicted molar refractivity (Wildman–Crippen MR) is 105 cm³/mol. The maximum absolute atomic E-state index is 12.4. The number of amides is 1. The van der Waals surface area contributed by atoms with Crippen molar-refractivity contribution in [3.63, 3.8) is 0 Å². The van der Waals surface area contributed by atoms with Crippen LogP contribution in [0.3, 0.4) is 0 Å². The number of para-hydroxylation sites is 1. The SMILES string of the molecule is CC1CCN(Cc2ccc(C(=O)Nc3c(Cl)cccc3Cl)cc2)CC1. The van der Waals surface area contributed by atoms with E-state index in [9.17, 15) is 4.79 Å². The predicted octanol–water partition coefficient (Wildman–Crippen LogP) is 5.48. The van der Waals surface area contributed by atoms with Gasteiger partial charge in [0.2, 0.25) is 0 Å². The van der Waals surface area contributed by atoms with Crippen LogP contribution in [-0.2, 0) is 6.54 Å². The number of nitrogens with one attached hydrogen (secondary N) is 1. The van der Waals surface area contributed by atoms with Crippen molar-refractivity contribution < 1.29 is 4.79 Å². The van der Waals surface area contributed by atoms with Gasteiger partial charge in [0.05, 0.1) is 15.7 Å². The van der Waals surface area contributed by atoms with Crippen LogP contribution in [-0.4, -0.2) is 23.9 Å². The van der Waals surface area contributed by atoms with E-state index in [0.29, 0.717) is 21.3 Å². The molecule has 0 radical (unpaired) electrons. The molecule has 0 aromatic heterocycles. The summed E-state index contributed by atoms with van der Waals surface area (Å²) >= 11 is 12.2. The van der Waals surface area contributed by atoms with E-state index in [1.165, 1.54) is 18.4 Å². The highest BCUT2D eigenvalue weighted by atomic mass is 35.5. The topological polar surface area (TPSA) is 32.3 Å². The summed E-state index contributed by atoms with van der Waals surface area (Å²) in [5.74, 6) is 0.618. The molecule has 1 aliphatic heterocycles. The van der Waals surface area contributed by atoms with Crippen molar-refractivity contribution in [2.45, 2.75) is 26.3 Å². The van der Waals surface area contributed by atoms with Gasteiger partial charge in [0.1, 0.15) is 0 Å². The van der Waals surface area contributed by atoms with Crippen LogP contribution in [0, 0.1) is 5.92 Å². The first-order valence-electron chi connectivity index (χ1n) is 8.59. The molecule has 1 saturated heterocycles. The molecule has 0 spiro atoms. The number of likely N-dealkylation sites (tertiary alicyclic amines) is 1. The Morgan fingerprint density at radius 2 is 1.68 bits per heavy atom. The van der Waals surface area contributed by atoms with E-state index in [1.54, 1.807) is 18.2 Å². The number of carbonyl (C=O) groups excluding carboxylic acids is 1. The molecule has 1 fully saturated rings. The minimum atomic E-state index is -0.214. The van der Waals surface area contributed by atoms with Gasteiger partial charge < -0.3 is 5.32 Å². The largest absolute Gasteiger partial charge is 0.319 e. The van der Waals surface area contributed by atoms with E-state index in [2.05, 4.69) is 17.1 Å². The average Bonchev–Trinajstić information content (AvgIpc) is 2.61. The summed E-state index contributed by atoms with van der Waals surface area (Å²) in [7, 11) is 0. The third-order valence-corrected chi connectivity index (χ3v) is 5.33. The number of anilines is 1. The van der Waals surface area contributed by atoms with Gasteiger partial charge >= 0.3 is 0 Å². The van der Waals surface area contributed by atoms with E-state index in [0.717, 1.165) is 25.6 Å². The number of carbonyl (C=O) groups is 1. The highest BCUT2D eigenvalue weighted by Crippen LogP contribution is 2.30. The molecule has 2 aromatic rings. The van der Waals surface area contributed by atoms with Crippen LogP contribution in [0.25, 0.3) is 0 Å². The Labute approximate surface area is 158 Å². The lowest BCUT2D eigenvalue weighted by molar-refractivity contribution is 0.102. The van der Waals surface area contributed by atoms with Gasteiger partial charge in [-0.05, 0) is 61.7 Å². The Bertz CT molecular complexity index is 718. The van der Waals surface area contributed by atoms with E-state index in [1.807, 2.05) is 24.3 Å². The molecule has 132 valence electrons. The van der Waals surface area contributed by atoms with E-state index in [4.69, 9.17) is 23.2 Å². The number of hydrogen-bond donors (Lipinski definition) is 1. The van der Waals surface area contributed by atoms with Crippen molar-refractivity contribution in [1.29, 1.82) is 0 Å². The van der Waals surface area contributed by atoms with Gasteiger partial charge in [-0.25, -0.2) is 0 Å². The van der Waals surface area contributed by atoms with E-state index < -0.39 is 0 Å². The minimum Gasteiger partial charge on any atom is -0.319 e. The van der Waals surface area contributed by atoms with Crippen LogP contribution in [0.2, 0.25) is 10.0 Å². The number of hydrogen-bond acceptors (Lipinski definition) is 2. The van der Waals surface area contributed by atoms with Gasteiger partial charge in [0, 0.05) is 12.1 Å². The first-order chi connectivity index (χ1) is 12.0. The number of benzene rings is 2. The summed E-state index contributed by atoms with van der Waals surface area (Å²) in [5, 5.41) is 3.64. The lowest BCUT2D eigenvalue weighted by atomic mass is 9.99. The summed E-state index contributed by atoms with van der Waals surface area (Å²) in [5.41, 5.74) is 2.26. The normalized spacial score (nSPS) is 16.0. The standard InChI is InChI=1S/C20H22Cl2N2O/c1-14-9-11-24(12-10-14)13-15-5-7-16(8-6-15)20(25)23-19-17(21)3-2-4-18(19)22/h2-8,14H,9-13H2,1H3,(H,23,25). The second kappa shape index (κ2) is 8.22. The maximum atomic E-state index is 12.4. The fourth-order valence-corrected chi connectivity index (χ4v) is 3.53. The number of rotatable bonds is 4. The maximum Gasteiger partial charge on any atom is 0.255 e. The van der Waals surface area contributed by atoms with Crippen LogP contribution < -0.4 is 5.32 Å². The quantitative estimate of drug-likeness (QED) is 0.766. The zero-order valence-corrected chi connectivity index (χ0v) is 15.8. The summed E-state index contributed by atoms with van der Waals surface area (Å²) in [4.78, 5) is 14.9. The Hall–Kier alpha value is -1.55. The Morgan fingerprint density at radius 3 is 2.28 bits per heavy atom. The van der Waals surface area contributed by atoms with Crippen LogP contribution >= 0.6 is 23.2 Å². The monoisotopic (exact) mass is 376 g/mol. The molecular formula is C20H22Cl2N2O. The molecule has 0 aliphatic carbocycles. The molecular weight excluding hydrogens is 355 g/mol. The molecule has 1 heterocycles. The van der Waals surface area contributed by atoms with E-state index in [-0.39, 0.29) is 5.91 Å². The van der Waals surface area contributed by atoms with Gasteiger partial charge in [-0.1, -0.05) is 48.3 Å². The lowest BCUT2D eigenvalue weighted by Crippen LogP contribution is -2.32. The highest BCUT2D eigenvalue weighted by Gasteiger charge is 2.16. The Balaban J connectivity index is 1.63. The molecule has 25 heavy (non-hydrogen) atoms. The first-order valence-corrected chi connectivity index (χ1v) is 9.35. The van der Waals surface area contributed by atoms with Crippen LogP contribution in [0.4, 0.5) is 5.69 Å². The molecule has 1 aliphatic rings. The van der Waals surface area contributed by atoms with Crippen LogP contribution in [0.1, 0.15) is 35.7 Å². The van der Waals surface area contributed by atoms with Crippen molar-refractivity contribution in [2.24, 2.45) is 5.92 Å². The molecule has 2 aromatic carbocycles. The highest BCUT2D eigenvalue weighted by molar-refractivity contribution is 6.40. The molecule has 0 unspecified atom stereocenters. The van der Waals surface area contributed by atoms with Crippen molar-refractivity contribution in [3.05, 3.63) is 63.6 Å². The molecule has 0 saturated carbocycles. The van der Waals surface area contributed by atoms with Gasteiger partial charge in [0.15, 0.2) is 0 Å². The van der Waals surface area contributed by atoms with Gasteiger partial charge in [-0.3, -0.25) is 9.69 Å². The first kappa shape index (κ1) is 18.2. The van der Waals surface area contributed by atoms with Crippen molar-refractivity contribution in [1.82, 2.24) is 4.90 Å². The molecule has 0 bridgehead atoms.